The summed E-state index contributed by atoms with van der Waals surface area (Å²) < 4.78 is 2.08. The molecule has 188 valence electrons. The molecular weight excluding hydrogens is 499 g/mol. The molecule has 0 saturated carbocycles. The van der Waals surface area contributed by atoms with Crippen LogP contribution >= 0.6 is 23.2 Å². The van der Waals surface area contributed by atoms with Gasteiger partial charge in [-0.25, -0.2) is 4.98 Å². The molecule has 2 amide bonds. The van der Waals surface area contributed by atoms with Crippen LogP contribution in [0.5, 0.6) is 0 Å². The number of nitrogens with zero attached hydrogens (tertiary/aromatic N) is 4. The number of imidazole rings is 1. The number of halogens is 2. The topological polar surface area (TPSA) is 75.5 Å². The Bertz CT molecular complexity index is 1370. The second kappa shape index (κ2) is 9.52. The zero-order valence-electron chi connectivity index (χ0n) is 20.4. The molecule has 0 bridgehead atoms. The van der Waals surface area contributed by atoms with E-state index >= 15 is 0 Å². The normalized spacial score (nSPS) is 16.7. The molecule has 9 heteroatoms. The van der Waals surface area contributed by atoms with E-state index < -0.39 is 5.41 Å². The lowest BCUT2D eigenvalue weighted by Crippen LogP contribution is -2.49. The van der Waals surface area contributed by atoms with Gasteiger partial charge in [-0.1, -0.05) is 23.2 Å². The molecular formula is C27H28Cl2N4O3. The molecule has 1 aromatic heterocycles. The first-order valence-corrected chi connectivity index (χ1v) is 13.0. The molecule has 7 nitrogen and oxygen atoms in total. The summed E-state index contributed by atoms with van der Waals surface area (Å²) in [5, 5.41) is 1.18. The van der Waals surface area contributed by atoms with Crippen molar-refractivity contribution in [3.63, 3.8) is 0 Å². The molecule has 3 aromatic rings. The summed E-state index contributed by atoms with van der Waals surface area (Å²) in [5.74, 6) is 0.923. The van der Waals surface area contributed by atoms with Crippen LogP contribution in [-0.4, -0.2) is 45.1 Å². The third-order valence-corrected chi connectivity index (χ3v) is 7.95. The van der Waals surface area contributed by atoms with Crippen LogP contribution in [0.2, 0.25) is 10.0 Å². The van der Waals surface area contributed by atoms with Gasteiger partial charge in [0.1, 0.15) is 11.6 Å². The molecule has 3 heterocycles. The van der Waals surface area contributed by atoms with E-state index in [4.69, 9.17) is 28.2 Å². The molecule has 5 rings (SSSR count). The number of likely N-dealkylation sites (tertiary alicyclic amines) is 1. The average molecular weight is 527 g/mol. The van der Waals surface area contributed by atoms with Crippen molar-refractivity contribution in [3.05, 3.63) is 57.8 Å². The molecule has 0 radical (unpaired) electrons. The summed E-state index contributed by atoms with van der Waals surface area (Å²) in [4.78, 5) is 46.0. The van der Waals surface area contributed by atoms with Crippen LogP contribution in [-0.2, 0) is 32.9 Å². The third kappa shape index (κ3) is 4.28. The van der Waals surface area contributed by atoms with Crippen molar-refractivity contribution in [1.29, 1.82) is 0 Å². The quantitative estimate of drug-likeness (QED) is 0.445. The van der Waals surface area contributed by atoms with Crippen molar-refractivity contribution < 1.29 is 14.4 Å². The van der Waals surface area contributed by atoms with Crippen molar-refractivity contribution in [3.8, 4) is 0 Å². The Morgan fingerprint density at radius 1 is 1.03 bits per heavy atom. The van der Waals surface area contributed by atoms with Crippen LogP contribution in [0.3, 0.4) is 0 Å². The molecule has 2 aliphatic heterocycles. The molecule has 0 aliphatic carbocycles. The Morgan fingerprint density at radius 3 is 2.42 bits per heavy atom. The summed E-state index contributed by atoms with van der Waals surface area (Å²) >= 11 is 12.6. The number of benzene rings is 2. The zero-order chi connectivity index (χ0) is 25.6. The minimum absolute atomic E-state index is 0.0170. The highest BCUT2D eigenvalue weighted by Gasteiger charge is 2.52. The fourth-order valence-electron chi connectivity index (χ4n) is 5.60. The Kier molecular flexibility index (Phi) is 6.55. The number of ketones is 1. The van der Waals surface area contributed by atoms with Gasteiger partial charge in [0.2, 0.25) is 11.8 Å². The number of rotatable bonds is 6. The van der Waals surface area contributed by atoms with Crippen molar-refractivity contribution in [2.75, 3.05) is 18.0 Å². The number of Topliss-reactive ketones (excluding diaryl/α,β-unsaturated/α-hetero) is 1. The first-order chi connectivity index (χ1) is 17.2. The molecule has 2 aliphatic rings. The lowest BCUT2D eigenvalue weighted by molar-refractivity contribution is -0.133. The lowest BCUT2D eigenvalue weighted by Gasteiger charge is -2.38. The molecule has 1 spiro atoms. The van der Waals surface area contributed by atoms with Crippen LogP contribution in [0, 0.1) is 0 Å². The lowest BCUT2D eigenvalue weighted by atomic mass is 9.73. The first kappa shape index (κ1) is 24.8. The maximum absolute atomic E-state index is 14.1. The molecule has 1 fully saturated rings. The second-order valence-corrected chi connectivity index (χ2v) is 10.6. The minimum atomic E-state index is -0.707. The van der Waals surface area contributed by atoms with Crippen LogP contribution < -0.4 is 4.90 Å². The number of fused-ring (bicyclic) bond motifs is 3. The van der Waals surface area contributed by atoms with E-state index in [2.05, 4.69) is 4.57 Å². The van der Waals surface area contributed by atoms with Gasteiger partial charge in [-0.3, -0.25) is 9.59 Å². The van der Waals surface area contributed by atoms with E-state index in [-0.39, 0.29) is 24.1 Å². The number of anilines is 1. The fraction of sp³-hybridized carbons (Fsp3) is 0.407. The highest BCUT2D eigenvalue weighted by Crippen LogP contribution is 2.49. The van der Waals surface area contributed by atoms with Crippen molar-refractivity contribution in [1.82, 2.24) is 14.5 Å². The smallest absolute Gasteiger partial charge is 0.238 e. The number of carbonyl (C=O) groups excluding carboxylic acids is 3. The molecule has 0 N–H and O–H groups in total. The maximum atomic E-state index is 14.1. The average Bonchev–Trinajstić information content (AvgIpc) is 3.27. The zero-order valence-corrected chi connectivity index (χ0v) is 21.9. The number of aryl methyl sites for hydroxylation is 1. The second-order valence-electron chi connectivity index (χ2n) is 9.76. The summed E-state index contributed by atoms with van der Waals surface area (Å²) in [7, 11) is 0. The standard InChI is InChI=1S/C27H28Cl2N4O3/c1-17(34)4-3-11-32-24-8-6-20(29)15-22(24)30-25(32)16-33-23-7-5-19(28)14-21(23)27(26(33)36)9-12-31(13-10-27)18(2)35/h5-8,14-15H,3-4,9-13,16H2,1-2H3. The van der Waals surface area contributed by atoms with Gasteiger partial charge in [-0.15, -0.1) is 0 Å². The van der Waals surface area contributed by atoms with Gasteiger partial charge in [0.05, 0.1) is 23.0 Å². The number of hydrogen-bond acceptors (Lipinski definition) is 4. The number of hydrogen-bond donors (Lipinski definition) is 0. The van der Waals surface area contributed by atoms with Crippen LogP contribution in [0.15, 0.2) is 36.4 Å². The summed E-state index contributed by atoms with van der Waals surface area (Å²) in [6.07, 6.45) is 2.27. The van der Waals surface area contributed by atoms with E-state index in [9.17, 15) is 14.4 Å². The molecule has 1 saturated heterocycles. The number of piperidine rings is 1. The number of aromatic nitrogens is 2. The molecule has 36 heavy (non-hydrogen) atoms. The van der Waals surface area contributed by atoms with Crippen LogP contribution in [0.4, 0.5) is 5.69 Å². The SMILES string of the molecule is CC(=O)CCCn1c(CN2C(=O)C3(CCN(C(C)=O)CC3)c3cc(Cl)ccc32)nc2cc(Cl)ccc21. The highest BCUT2D eigenvalue weighted by atomic mass is 35.5. The molecule has 2 aromatic carbocycles. The fourth-order valence-corrected chi connectivity index (χ4v) is 5.94. The number of amides is 2. The predicted molar refractivity (Wildman–Crippen MR) is 140 cm³/mol. The van der Waals surface area contributed by atoms with Gasteiger partial charge < -0.3 is 19.2 Å². The Labute approximate surface area is 220 Å². The Balaban J connectivity index is 1.53. The monoisotopic (exact) mass is 526 g/mol. The highest BCUT2D eigenvalue weighted by molar-refractivity contribution is 6.31. The minimum Gasteiger partial charge on any atom is -0.343 e. The van der Waals surface area contributed by atoms with E-state index in [1.165, 1.54) is 0 Å². The summed E-state index contributed by atoms with van der Waals surface area (Å²) in [6, 6.07) is 11.2. The third-order valence-electron chi connectivity index (χ3n) is 7.48. The first-order valence-electron chi connectivity index (χ1n) is 12.2. The van der Waals surface area contributed by atoms with Gasteiger partial charge >= 0.3 is 0 Å². The summed E-state index contributed by atoms with van der Waals surface area (Å²) in [6.45, 7) is 5.12. The maximum Gasteiger partial charge on any atom is 0.238 e. The van der Waals surface area contributed by atoms with Crippen molar-refractivity contribution >= 4 is 57.5 Å². The van der Waals surface area contributed by atoms with Crippen molar-refractivity contribution in [2.24, 2.45) is 0 Å². The molecule has 0 atom stereocenters. The van der Waals surface area contributed by atoms with E-state index in [1.807, 2.05) is 30.3 Å². The van der Waals surface area contributed by atoms with E-state index in [0.717, 1.165) is 28.1 Å². The largest absolute Gasteiger partial charge is 0.343 e. The predicted octanol–water partition coefficient (Wildman–Crippen LogP) is 5.14. The van der Waals surface area contributed by atoms with Crippen LogP contribution in [0.1, 0.15) is 50.9 Å². The van der Waals surface area contributed by atoms with Gasteiger partial charge in [0, 0.05) is 48.7 Å². The van der Waals surface area contributed by atoms with Gasteiger partial charge in [0.25, 0.3) is 0 Å². The Hall–Kier alpha value is -2.90. The molecule has 0 unspecified atom stereocenters. The van der Waals surface area contributed by atoms with Crippen LogP contribution in [0.25, 0.3) is 11.0 Å². The van der Waals surface area contributed by atoms with Gasteiger partial charge in [-0.2, -0.15) is 0 Å². The van der Waals surface area contributed by atoms with E-state index in [0.29, 0.717) is 55.4 Å². The van der Waals surface area contributed by atoms with Gasteiger partial charge in [0.15, 0.2) is 0 Å². The van der Waals surface area contributed by atoms with Crippen molar-refractivity contribution in [2.45, 2.75) is 58.0 Å². The Morgan fingerprint density at radius 2 is 1.72 bits per heavy atom. The van der Waals surface area contributed by atoms with E-state index in [1.54, 1.807) is 29.7 Å². The number of carbonyl (C=O) groups is 3. The van der Waals surface area contributed by atoms with Gasteiger partial charge in [-0.05, 0) is 68.1 Å². The summed E-state index contributed by atoms with van der Waals surface area (Å²) in [5.41, 5.74) is 2.73.